The van der Waals surface area contributed by atoms with Crippen LogP contribution in [0, 0.1) is 11.3 Å². The lowest BCUT2D eigenvalue weighted by Gasteiger charge is -2.42. The number of halogens is 2. The van der Waals surface area contributed by atoms with Crippen LogP contribution in [0.5, 0.6) is 0 Å². The monoisotopic (exact) mass is 262 g/mol. The van der Waals surface area contributed by atoms with E-state index in [0.29, 0.717) is 0 Å². The summed E-state index contributed by atoms with van der Waals surface area (Å²) in [4.78, 5) is 1.80. The first kappa shape index (κ1) is 15.8. The normalized spacial score (nSPS) is 29.2. The molecular weight excluding hydrogens is 234 g/mol. The molecule has 0 amide bonds. The third-order valence-electron chi connectivity index (χ3n) is 4.14. The Bertz CT molecular complexity index is 220. The minimum atomic E-state index is -2.23. The molecule has 1 N–H and O–H groups in total. The molecule has 0 aromatic carbocycles. The Morgan fingerprint density at radius 3 is 2.44 bits per heavy atom. The molecule has 0 spiro atoms. The first-order valence-corrected chi connectivity index (χ1v) is 7.15. The highest BCUT2D eigenvalue weighted by Gasteiger charge is 2.35. The topological polar surface area (TPSA) is 15.3 Å². The van der Waals surface area contributed by atoms with E-state index >= 15 is 0 Å². The van der Waals surface area contributed by atoms with Crippen LogP contribution in [0.1, 0.15) is 39.5 Å². The standard InChI is InChI=1S/C14H28F2N2/c1-4-17-10-14(7-5-12(2)6-8-14)11-18(3)9-13(15)16/h12-13,17H,4-11H2,1-3H3. The molecule has 1 fully saturated rings. The molecule has 1 saturated carbocycles. The quantitative estimate of drug-likeness (QED) is 0.759. The number of hydrogen-bond donors (Lipinski definition) is 1. The summed E-state index contributed by atoms with van der Waals surface area (Å²) in [6.07, 6.45) is 2.55. The van der Waals surface area contributed by atoms with E-state index in [9.17, 15) is 8.78 Å². The van der Waals surface area contributed by atoms with Crippen LogP contribution in [0.2, 0.25) is 0 Å². The smallest absolute Gasteiger partial charge is 0.251 e. The molecule has 0 aromatic heterocycles. The molecule has 0 aromatic rings. The van der Waals surface area contributed by atoms with Crippen molar-refractivity contribution in [3.05, 3.63) is 0 Å². The van der Waals surface area contributed by atoms with Crippen molar-refractivity contribution in [2.24, 2.45) is 11.3 Å². The van der Waals surface area contributed by atoms with E-state index in [0.717, 1.165) is 38.4 Å². The van der Waals surface area contributed by atoms with E-state index in [1.54, 1.807) is 4.90 Å². The van der Waals surface area contributed by atoms with Gasteiger partial charge in [0, 0.05) is 13.1 Å². The summed E-state index contributed by atoms with van der Waals surface area (Å²) in [5.74, 6) is 0.792. The average molecular weight is 262 g/mol. The van der Waals surface area contributed by atoms with Crippen LogP contribution in [0.3, 0.4) is 0 Å². The maximum Gasteiger partial charge on any atom is 0.251 e. The van der Waals surface area contributed by atoms with Crippen LogP contribution in [-0.2, 0) is 0 Å². The second kappa shape index (κ2) is 7.39. The number of hydrogen-bond acceptors (Lipinski definition) is 2. The molecule has 0 atom stereocenters. The van der Waals surface area contributed by atoms with Crippen molar-refractivity contribution in [3.8, 4) is 0 Å². The highest BCUT2D eigenvalue weighted by Crippen LogP contribution is 2.39. The molecule has 0 bridgehead atoms. The van der Waals surface area contributed by atoms with Crippen LogP contribution < -0.4 is 5.32 Å². The van der Waals surface area contributed by atoms with Crippen LogP contribution in [0.15, 0.2) is 0 Å². The predicted molar refractivity (Wildman–Crippen MR) is 72.1 cm³/mol. The van der Waals surface area contributed by atoms with Crippen molar-refractivity contribution in [1.82, 2.24) is 10.2 Å². The summed E-state index contributed by atoms with van der Waals surface area (Å²) < 4.78 is 24.8. The molecule has 2 nitrogen and oxygen atoms in total. The number of nitrogens with one attached hydrogen (secondary N) is 1. The van der Waals surface area contributed by atoms with Gasteiger partial charge >= 0.3 is 0 Å². The van der Waals surface area contributed by atoms with Gasteiger partial charge in [-0.1, -0.05) is 26.7 Å². The Morgan fingerprint density at radius 1 is 1.33 bits per heavy atom. The van der Waals surface area contributed by atoms with E-state index < -0.39 is 6.43 Å². The molecule has 1 aliphatic rings. The maximum atomic E-state index is 12.4. The van der Waals surface area contributed by atoms with Gasteiger partial charge in [0.15, 0.2) is 0 Å². The van der Waals surface area contributed by atoms with Gasteiger partial charge in [-0.2, -0.15) is 0 Å². The van der Waals surface area contributed by atoms with E-state index in [1.165, 1.54) is 12.8 Å². The molecule has 0 radical (unpaired) electrons. The zero-order valence-electron chi connectivity index (χ0n) is 12.0. The Kier molecular flexibility index (Phi) is 6.50. The van der Waals surface area contributed by atoms with Crippen LogP contribution >= 0.6 is 0 Å². The van der Waals surface area contributed by atoms with Crippen molar-refractivity contribution in [3.63, 3.8) is 0 Å². The molecule has 0 unspecified atom stereocenters. The summed E-state index contributed by atoms with van der Waals surface area (Å²) in [7, 11) is 1.82. The summed E-state index contributed by atoms with van der Waals surface area (Å²) >= 11 is 0. The molecule has 0 saturated heterocycles. The summed E-state index contributed by atoms with van der Waals surface area (Å²) in [6, 6.07) is 0. The SMILES string of the molecule is CCNCC1(CN(C)CC(F)F)CCC(C)CC1. The van der Waals surface area contributed by atoms with Gasteiger partial charge in [0.05, 0.1) is 6.54 Å². The minimum absolute atomic E-state index is 0.108. The fourth-order valence-electron chi connectivity index (χ4n) is 3.03. The second-order valence-corrected chi connectivity index (χ2v) is 6.05. The summed E-state index contributed by atoms with van der Waals surface area (Å²) in [6.45, 7) is 6.99. The molecule has 0 heterocycles. The lowest BCUT2D eigenvalue weighted by Crippen LogP contribution is -2.46. The Morgan fingerprint density at radius 2 is 1.94 bits per heavy atom. The number of rotatable bonds is 7. The van der Waals surface area contributed by atoms with Gasteiger partial charge in [0.1, 0.15) is 0 Å². The molecule has 1 rings (SSSR count). The van der Waals surface area contributed by atoms with Gasteiger partial charge < -0.3 is 10.2 Å². The van der Waals surface area contributed by atoms with Gasteiger partial charge in [-0.25, -0.2) is 8.78 Å². The molecule has 1 aliphatic carbocycles. The minimum Gasteiger partial charge on any atom is -0.316 e. The first-order valence-electron chi connectivity index (χ1n) is 7.15. The highest BCUT2D eigenvalue weighted by molar-refractivity contribution is 4.88. The van der Waals surface area contributed by atoms with Gasteiger partial charge in [0.2, 0.25) is 0 Å². The van der Waals surface area contributed by atoms with Crippen molar-refractivity contribution in [2.45, 2.75) is 46.0 Å². The van der Waals surface area contributed by atoms with Crippen LogP contribution in [0.25, 0.3) is 0 Å². The van der Waals surface area contributed by atoms with Crippen molar-refractivity contribution in [1.29, 1.82) is 0 Å². The molecule has 108 valence electrons. The largest absolute Gasteiger partial charge is 0.316 e. The van der Waals surface area contributed by atoms with E-state index in [4.69, 9.17) is 0 Å². The predicted octanol–water partition coefficient (Wildman–Crippen LogP) is 2.99. The van der Waals surface area contributed by atoms with Gasteiger partial charge in [-0.05, 0) is 37.8 Å². The van der Waals surface area contributed by atoms with E-state index in [-0.39, 0.29) is 12.0 Å². The summed E-state index contributed by atoms with van der Waals surface area (Å²) in [5.41, 5.74) is 0.201. The van der Waals surface area contributed by atoms with Crippen molar-refractivity contribution < 1.29 is 8.78 Å². The maximum absolute atomic E-state index is 12.4. The highest BCUT2D eigenvalue weighted by atomic mass is 19.3. The number of alkyl halides is 2. The summed E-state index contributed by atoms with van der Waals surface area (Å²) in [5, 5.41) is 3.42. The van der Waals surface area contributed by atoms with E-state index in [2.05, 4.69) is 19.2 Å². The second-order valence-electron chi connectivity index (χ2n) is 6.05. The van der Waals surface area contributed by atoms with Gasteiger partial charge in [-0.15, -0.1) is 0 Å². The third kappa shape index (κ3) is 5.19. The average Bonchev–Trinajstić information content (AvgIpc) is 2.29. The fourth-order valence-corrected chi connectivity index (χ4v) is 3.03. The lowest BCUT2D eigenvalue weighted by atomic mass is 9.70. The third-order valence-corrected chi connectivity index (χ3v) is 4.14. The van der Waals surface area contributed by atoms with E-state index in [1.807, 2.05) is 7.05 Å². The Labute approximate surface area is 110 Å². The van der Waals surface area contributed by atoms with Crippen LogP contribution in [-0.4, -0.2) is 44.6 Å². The molecule has 4 heteroatoms. The van der Waals surface area contributed by atoms with Crippen molar-refractivity contribution >= 4 is 0 Å². The van der Waals surface area contributed by atoms with Crippen molar-refractivity contribution in [2.75, 3.05) is 33.2 Å². The molecule has 0 aliphatic heterocycles. The molecular formula is C14H28F2N2. The Balaban J connectivity index is 2.54. The van der Waals surface area contributed by atoms with Crippen LogP contribution in [0.4, 0.5) is 8.78 Å². The zero-order chi connectivity index (χ0) is 13.6. The Hall–Kier alpha value is -0.220. The molecule has 18 heavy (non-hydrogen) atoms. The van der Waals surface area contributed by atoms with Gasteiger partial charge in [-0.3, -0.25) is 0 Å². The number of nitrogens with zero attached hydrogens (tertiary/aromatic N) is 1. The fraction of sp³-hybridized carbons (Fsp3) is 1.00. The first-order chi connectivity index (χ1) is 8.47. The zero-order valence-corrected chi connectivity index (χ0v) is 12.0. The lowest BCUT2D eigenvalue weighted by molar-refractivity contribution is 0.0535. The van der Waals surface area contributed by atoms with Gasteiger partial charge in [0.25, 0.3) is 6.43 Å².